The lowest BCUT2D eigenvalue weighted by molar-refractivity contribution is -0.115. The summed E-state index contributed by atoms with van der Waals surface area (Å²) < 4.78 is 106. The van der Waals surface area contributed by atoms with Gasteiger partial charge in [0, 0.05) is 42.7 Å². The van der Waals surface area contributed by atoms with E-state index in [9.17, 15) is 43.3 Å². The zero-order valence-electron chi connectivity index (χ0n) is 12.8. The number of halogens is 4. The quantitative estimate of drug-likeness (QED) is 0.257. The van der Waals surface area contributed by atoms with Gasteiger partial charge in [-0.05, 0) is 0 Å². The average Bonchev–Trinajstić information content (AvgIpc) is 2.15. The fraction of sp³-hybridized carbons (Fsp3) is 0.667. The first-order valence-electron chi connectivity index (χ1n) is 5.46. The Kier molecular flexibility index (Phi) is 16.1. The number of Topliss-reactive ketones (excluding diaryl/α,β-unsaturated/α-hetero) is 2. The highest BCUT2D eigenvalue weighted by Crippen LogP contribution is 2.01. The minimum atomic E-state index is -4.52. The van der Waals surface area contributed by atoms with E-state index in [0.717, 1.165) is 0 Å². The number of carbonyl (C=O) groups excluding carboxylic acids is 2. The Balaban J connectivity index is -0.000000375. The van der Waals surface area contributed by atoms with Gasteiger partial charge in [-0.2, -0.15) is 16.8 Å². The molecule has 0 unspecified atom stereocenters. The minimum absolute atomic E-state index is 1.03. The van der Waals surface area contributed by atoms with Crippen LogP contribution < -0.4 is 0 Å². The Bertz CT molecular complexity index is 826. The third kappa shape index (κ3) is 40.9. The van der Waals surface area contributed by atoms with Crippen LogP contribution in [0.5, 0.6) is 0 Å². The Labute approximate surface area is 180 Å². The molecule has 0 rings (SSSR count). The number of rotatable bonds is 8. The zero-order valence-corrected chi connectivity index (χ0v) is 19.9. The van der Waals surface area contributed by atoms with Gasteiger partial charge in [0.2, 0.25) is 27.3 Å². The number of hydrogen-bond acceptors (Lipinski definition) is 11. The van der Waals surface area contributed by atoms with Crippen molar-refractivity contribution >= 4 is 102 Å². The van der Waals surface area contributed by atoms with E-state index >= 15 is 0 Å². The number of ketones is 2. The molecule has 0 aliphatic carbocycles. The van der Waals surface area contributed by atoms with Crippen LogP contribution in [0.1, 0.15) is 0 Å². The molecule has 0 fully saturated rings. The standard InChI is InChI=1S/C3H4Cl2O5S2.C3H6O7S2.Cl2OS/c4-11(7,8)1-3(6)2-12(5,9)10;4-3(1-11(5,6)7)2-12(8,9)10;1-4(2)3/h1-2H2;1-2H2,(H,5,6,7)(H,8,9,10);. The van der Waals surface area contributed by atoms with Crippen molar-refractivity contribution in [1.29, 1.82) is 0 Å². The van der Waals surface area contributed by atoms with Gasteiger partial charge in [0.25, 0.3) is 20.2 Å². The summed E-state index contributed by atoms with van der Waals surface area (Å²) in [5.74, 6) is -7.03. The summed E-state index contributed by atoms with van der Waals surface area (Å²) in [6.07, 6.45) is 0. The smallest absolute Gasteiger partial charge is 0.272 e. The third-order valence-electron chi connectivity index (χ3n) is 1.35. The van der Waals surface area contributed by atoms with Crippen molar-refractivity contribution < 1.29 is 56.6 Å². The molecule has 0 aliphatic rings. The fourth-order valence-corrected chi connectivity index (χ4v) is 3.85. The van der Waals surface area contributed by atoms with Crippen LogP contribution in [0.3, 0.4) is 0 Å². The molecule has 0 heterocycles. The van der Waals surface area contributed by atoms with Gasteiger partial charge in [-0.15, -0.1) is 0 Å². The average molecular weight is 592 g/mol. The molecular weight excluding hydrogens is 582 g/mol. The third-order valence-corrected chi connectivity index (χ3v) is 4.72. The van der Waals surface area contributed by atoms with E-state index in [4.69, 9.17) is 13.3 Å². The minimum Gasteiger partial charge on any atom is -0.297 e. The first kappa shape index (κ1) is 33.0. The van der Waals surface area contributed by atoms with Crippen LogP contribution in [-0.2, 0) is 57.2 Å². The molecule has 0 amide bonds. The molecule has 0 aromatic rings. The van der Waals surface area contributed by atoms with Gasteiger partial charge in [0.05, 0.1) is 0 Å². The lowest BCUT2D eigenvalue weighted by Crippen LogP contribution is -2.22. The van der Waals surface area contributed by atoms with Gasteiger partial charge >= 0.3 is 0 Å². The lowest BCUT2D eigenvalue weighted by atomic mass is 10.5. The van der Waals surface area contributed by atoms with E-state index in [1.165, 1.54) is 0 Å². The predicted molar refractivity (Wildman–Crippen MR) is 102 cm³/mol. The van der Waals surface area contributed by atoms with E-state index in [1.807, 2.05) is 0 Å². The van der Waals surface area contributed by atoms with Crippen molar-refractivity contribution in [3.63, 3.8) is 0 Å². The van der Waals surface area contributed by atoms with Crippen LogP contribution in [0.15, 0.2) is 0 Å². The summed E-state index contributed by atoms with van der Waals surface area (Å²) in [5.41, 5.74) is 0. The van der Waals surface area contributed by atoms with E-state index in [2.05, 4.69) is 42.7 Å². The van der Waals surface area contributed by atoms with Gasteiger partial charge in [0.15, 0.2) is 11.6 Å². The normalized spacial score (nSPS) is 12.2. The molecule has 0 bridgehead atoms. The molecule has 0 saturated heterocycles. The molecule has 2 N–H and O–H groups in total. The van der Waals surface area contributed by atoms with Crippen LogP contribution in [0.2, 0.25) is 0 Å². The van der Waals surface area contributed by atoms with E-state index in [1.54, 1.807) is 0 Å². The van der Waals surface area contributed by atoms with E-state index in [-0.39, 0.29) is 0 Å². The molecule has 0 aliphatic heterocycles. The molecule has 0 spiro atoms. The van der Waals surface area contributed by atoms with Crippen molar-refractivity contribution in [2.24, 2.45) is 0 Å². The molecule has 0 aromatic carbocycles. The van der Waals surface area contributed by atoms with Crippen molar-refractivity contribution in [1.82, 2.24) is 0 Å². The summed E-state index contributed by atoms with van der Waals surface area (Å²) in [7, 11) is -0.335. The van der Waals surface area contributed by atoms with Gasteiger partial charge in [-0.3, -0.25) is 18.7 Å². The van der Waals surface area contributed by atoms with Crippen LogP contribution in [0.4, 0.5) is 0 Å². The maximum atomic E-state index is 10.5. The van der Waals surface area contributed by atoms with Gasteiger partial charge in [-0.1, -0.05) is 0 Å². The largest absolute Gasteiger partial charge is 0.297 e. The Hall–Kier alpha value is 0.370. The predicted octanol–water partition coefficient (Wildman–Crippen LogP) is -0.933. The first-order chi connectivity index (χ1) is 11.9. The SMILES string of the molecule is O=C(CS(=O)(=O)Cl)CS(=O)(=O)Cl.O=C(CS(=O)(=O)O)CS(=O)(=O)O.O=S(Cl)Cl. The highest BCUT2D eigenvalue weighted by atomic mass is 36.0. The fourth-order valence-electron chi connectivity index (χ4n) is 0.875. The summed E-state index contributed by atoms with van der Waals surface area (Å²) in [6, 6.07) is 0. The number of carbonyl (C=O) groups is 2. The van der Waals surface area contributed by atoms with Crippen LogP contribution in [0, 0.1) is 0 Å². The monoisotopic (exact) mass is 590 g/mol. The Morgan fingerprint density at radius 2 is 0.821 bits per heavy atom. The zero-order chi connectivity index (χ0) is 23.6. The lowest BCUT2D eigenvalue weighted by Gasteiger charge is -1.94. The van der Waals surface area contributed by atoms with E-state index < -0.39 is 82.1 Å². The summed E-state index contributed by atoms with van der Waals surface area (Å²) >= 11 is 0. The maximum absolute atomic E-state index is 10.5. The van der Waals surface area contributed by atoms with Crippen molar-refractivity contribution in [3.05, 3.63) is 0 Å². The Morgan fingerprint density at radius 1 is 0.643 bits per heavy atom. The van der Waals surface area contributed by atoms with Crippen molar-refractivity contribution in [2.45, 2.75) is 0 Å². The molecule has 28 heavy (non-hydrogen) atoms. The molecule has 13 nitrogen and oxygen atoms in total. The van der Waals surface area contributed by atoms with Gasteiger partial charge in [-0.25, -0.2) is 21.0 Å². The Morgan fingerprint density at radius 3 is 0.964 bits per heavy atom. The highest BCUT2D eigenvalue weighted by Gasteiger charge is 2.19. The number of hydrogen-bond donors (Lipinski definition) is 2. The second-order valence-electron chi connectivity index (χ2n) is 4.08. The first-order valence-corrected chi connectivity index (χ1v) is 16.4. The van der Waals surface area contributed by atoms with Crippen LogP contribution in [0.25, 0.3) is 0 Å². The molecule has 0 saturated carbocycles. The van der Waals surface area contributed by atoms with Crippen LogP contribution in [-0.4, -0.2) is 81.6 Å². The summed E-state index contributed by atoms with van der Waals surface area (Å²) in [4.78, 5) is 20.9. The summed E-state index contributed by atoms with van der Waals surface area (Å²) in [6.45, 7) is 0. The van der Waals surface area contributed by atoms with Gasteiger partial charge < -0.3 is 0 Å². The molecule has 0 aromatic heterocycles. The maximum Gasteiger partial charge on any atom is 0.272 e. The van der Waals surface area contributed by atoms with Gasteiger partial charge in [0.1, 0.15) is 23.0 Å². The molecule has 22 heteroatoms. The molecular formula is C6H10Cl4O13S5. The topological polar surface area (TPSA) is 228 Å². The molecule has 0 radical (unpaired) electrons. The van der Waals surface area contributed by atoms with Crippen molar-refractivity contribution in [3.8, 4) is 0 Å². The highest BCUT2D eigenvalue weighted by molar-refractivity contribution is 8.26. The van der Waals surface area contributed by atoms with E-state index in [0.29, 0.717) is 0 Å². The van der Waals surface area contributed by atoms with Crippen molar-refractivity contribution in [2.75, 3.05) is 23.0 Å². The molecule has 170 valence electrons. The summed E-state index contributed by atoms with van der Waals surface area (Å²) in [5, 5.41) is 0. The second kappa shape index (κ2) is 13.6. The second-order valence-corrected chi connectivity index (χ2v) is 15.1. The molecule has 0 atom stereocenters. The van der Waals surface area contributed by atoms with Crippen LogP contribution >= 0.6 is 42.7 Å².